The molecule has 1 aliphatic heterocycles. The summed E-state index contributed by atoms with van der Waals surface area (Å²) in [4.78, 5) is 2.05. The Morgan fingerprint density at radius 3 is 2.42 bits per heavy atom. The Labute approximate surface area is 188 Å². The lowest BCUT2D eigenvalue weighted by Crippen LogP contribution is -2.39. The average molecular weight is 435 g/mol. The Morgan fingerprint density at radius 2 is 1.71 bits per heavy atom. The summed E-state index contributed by atoms with van der Waals surface area (Å²) in [6, 6.07) is 24.7. The van der Waals surface area contributed by atoms with Crippen molar-refractivity contribution in [3.63, 3.8) is 0 Å². The minimum absolute atomic E-state index is 0.146. The Morgan fingerprint density at radius 1 is 1.00 bits per heavy atom. The van der Waals surface area contributed by atoms with Crippen LogP contribution in [0.1, 0.15) is 18.4 Å². The molecular formula is C25H26N2O3S. The van der Waals surface area contributed by atoms with Crippen molar-refractivity contribution in [2.75, 3.05) is 18.5 Å². The first-order valence-corrected chi connectivity index (χ1v) is 10.9. The van der Waals surface area contributed by atoms with Crippen molar-refractivity contribution in [2.24, 2.45) is 0 Å². The van der Waals surface area contributed by atoms with Gasteiger partial charge in [0.1, 0.15) is 17.2 Å². The zero-order chi connectivity index (χ0) is 21.5. The number of thiocarbonyl (C=S) groups is 1. The van der Waals surface area contributed by atoms with Crippen molar-refractivity contribution < 1.29 is 14.6 Å². The highest BCUT2D eigenvalue weighted by molar-refractivity contribution is 7.80. The van der Waals surface area contributed by atoms with E-state index in [0.29, 0.717) is 18.2 Å². The van der Waals surface area contributed by atoms with E-state index < -0.39 is 0 Å². The highest BCUT2D eigenvalue weighted by Gasteiger charge is 2.22. The molecule has 0 amide bonds. The molecule has 0 aliphatic carbocycles. The number of benzene rings is 3. The lowest BCUT2D eigenvalue weighted by molar-refractivity contribution is 0.0904. The molecule has 160 valence electrons. The maximum absolute atomic E-state index is 10.2. The summed E-state index contributed by atoms with van der Waals surface area (Å²) in [5.41, 5.74) is 1.70. The molecule has 1 aliphatic rings. The number of phenolic OH excluding ortho intramolecular Hbond substituents is 1. The van der Waals surface area contributed by atoms with Crippen LogP contribution in [-0.4, -0.2) is 34.4 Å². The molecule has 0 saturated carbocycles. The first-order valence-electron chi connectivity index (χ1n) is 10.4. The van der Waals surface area contributed by atoms with E-state index >= 15 is 0 Å². The van der Waals surface area contributed by atoms with Gasteiger partial charge in [-0.3, -0.25) is 0 Å². The molecule has 3 aromatic carbocycles. The van der Waals surface area contributed by atoms with Crippen LogP contribution in [0.4, 0.5) is 5.69 Å². The van der Waals surface area contributed by atoms with Crippen LogP contribution >= 0.6 is 12.2 Å². The maximum Gasteiger partial charge on any atom is 0.173 e. The van der Waals surface area contributed by atoms with E-state index in [-0.39, 0.29) is 11.9 Å². The van der Waals surface area contributed by atoms with Crippen LogP contribution in [0.25, 0.3) is 0 Å². The van der Waals surface area contributed by atoms with Crippen LogP contribution in [0.15, 0.2) is 78.9 Å². The van der Waals surface area contributed by atoms with Gasteiger partial charge in [0.05, 0.1) is 6.10 Å². The fourth-order valence-electron chi connectivity index (χ4n) is 3.54. The molecule has 3 aromatic rings. The van der Waals surface area contributed by atoms with E-state index in [1.54, 1.807) is 6.07 Å². The topological polar surface area (TPSA) is 54.0 Å². The second-order valence-electron chi connectivity index (χ2n) is 7.51. The molecule has 2 N–H and O–H groups in total. The highest BCUT2D eigenvalue weighted by atomic mass is 32.1. The zero-order valence-corrected chi connectivity index (χ0v) is 18.1. The number of nitrogens with one attached hydrogen (secondary N) is 1. The Kier molecular flexibility index (Phi) is 7.02. The predicted octanol–water partition coefficient (Wildman–Crippen LogP) is 5.56. The molecule has 6 heteroatoms. The first kappa shape index (κ1) is 21.2. The van der Waals surface area contributed by atoms with Crippen molar-refractivity contribution >= 4 is 23.0 Å². The van der Waals surface area contributed by atoms with Crippen molar-refractivity contribution in [3.8, 4) is 17.2 Å². The number of aromatic hydroxyl groups is 1. The number of nitrogens with zero attached hydrogens (tertiary/aromatic N) is 1. The SMILES string of the molecule is Oc1ccccc1CN(CC1CCCO1)C(=S)Nc1ccc(Oc2ccccc2)cc1. The van der Waals surface area contributed by atoms with E-state index in [9.17, 15) is 5.11 Å². The highest BCUT2D eigenvalue weighted by Crippen LogP contribution is 2.24. The van der Waals surface area contributed by atoms with E-state index in [2.05, 4.69) is 10.2 Å². The van der Waals surface area contributed by atoms with E-state index in [1.165, 1.54) is 0 Å². The number of hydrogen-bond acceptors (Lipinski definition) is 4. The summed E-state index contributed by atoms with van der Waals surface area (Å²) >= 11 is 5.72. The van der Waals surface area contributed by atoms with Crippen LogP contribution < -0.4 is 10.1 Å². The van der Waals surface area contributed by atoms with Gasteiger partial charge in [0.2, 0.25) is 0 Å². The molecule has 0 aromatic heterocycles. The molecule has 1 fully saturated rings. The van der Waals surface area contributed by atoms with Crippen LogP contribution in [-0.2, 0) is 11.3 Å². The molecule has 1 saturated heterocycles. The van der Waals surface area contributed by atoms with Gasteiger partial charge in [-0.05, 0) is 67.5 Å². The lowest BCUT2D eigenvalue weighted by Gasteiger charge is -2.28. The lowest BCUT2D eigenvalue weighted by atomic mass is 10.1. The molecule has 0 radical (unpaired) electrons. The van der Waals surface area contributed by atoms with E-state index in [0.717, 1.165) is 42.2 Å². The van der Waals surface area contributed by atoms with Gasteiger partial charge < -0.3 is 24.8 Å². The zero-order valence-electron chi connectivity index (χ0n) is 17.2. The molecule has 4 rings (SSSR count). The summed E-state index contributed by atoms with van der Waals surface area (Å²) in [5, 5.41) is 14.1. The number of rotatable bonds is 7. The van der Waals surface area contributed by atoms with Crippen molar-refractivity contribution in [2.45, 2.75) is 25.5 Å². The molecule has 1 heterocycles. The normalized spacial score (nSPS) is 15.4. The van der Waals surface area contributed by atoms with Gasteiger partial charge in [-0.2, -0.15) is 0 Å². The maximum atomic E-state index is 10.2. The number of phenols is 1. The predicted molar refractivity (Wildman–Crippen MR) is 127 cm³/mol. The molecule has 1 atom stereocenters. The van der Waals surface area contributed by atoms with Gasteiger partial charge in [-0.15, -0.1) is 0 Å². The molecule has 31 heavy (non-hydrogen) atoms. The summed E-state index contributed by atoms with van der Waals surface area (Å²) in [6.45, 7) is 1.97. The average Bonchev–Trinajstić information content (AvgIpc) is 3.30. The van der Waals surface area contributed by atoms with Gasteiger partial charge in [-0.1, -0.05) is 36.4 Å². The van der Waals surface area contributed by atoms with Crippen LogP contribution in [0, 0.1) is 0 Å². The first-order chi connectivity index (χ1) is 15.2. The second-order valence-corrected chi connectivity index (χ2v) is 7.90. The van der Waals surface area contributed by atoms with E-state index in [4.69, 9.17) is 21.7 Å². The third kappa shape index (κ3) is 5.96. The second kappa shape index (κ2) is 10.3. The van der Waals surface area contributed by atoms with Gasteiger partial charge >= 0.3 is 0 Å². The fraction of sp³-hybridized carbons (Fsp3) is 0.240. The van der Waals surface area contributed by atoms with Crippen molar-refractivity contribution in [3.05, 3.63) is 84.4 Å². The minimum atomic E-state index is 0.146. The van der Waals surface area contributed by atoms with Gasteiger partial charge in [0.25, 0.3) is 0 Å². The van der Waals surface area contributed by atoms with E-state index in [1.807, 2.05) is 72.8 Å². The molecule has 0 spiro atoms. The number of ether oxygens (including phenoxy) is 2. The Bertz CT molecular complexity index is 989. The smallest absolute Gasteiger partial charge is 0.173 e. The summed E-state index contributed by atoms with van der Waals surface area (Å²) in [5.74, 6) is 1.82. The van der Waals surface area contributed by atoms with Crippen LogP contribution in [0.3, 0.4) is 0 Å². The van der Waals surface area contributed by atoms with Crippen LogP contribution in [0.5, 0.6) is 17.2 Å². The summed E-state index contributed by atoms with van der Waals surface area (Å²) in [6.07, 6.45) is 2.23. The van der Waals surface area contributed by atoms with Crippen molar-refractivity contribution in [1.29, 1.82) is 0 Å². The molecule has 5 nitrogen and oxygen atoms in total. The molecule has 1 unspecified atom stereocenters. The van der Waals surface area contributed by atoms with Gasteiger partial charge in [0, 0.05) is 30.9 Å². The summed E-state index contributed by atoms with van der Waals surface area (Å²) in [7, 11) is 0. The van der Waals surface area contributed by atoms with Crippen LogP contribution in [0.2, 0.25) is 0 Å². The fourth-order valence-corrected chi connectivity index (χ4v) is 3.79. The molecule has 0 bridgehead atoms. The standard InChI is InChI=1S/C25H26N2O3S/c28-24-11-5-4-7-19(24)17-27(18-23-10-6-16-29-23)25(31)26-20-12-14-22(15-13-20)30-21-8-2-1-3-9-21/h1-5,7-9,11-15,23,28H,6,10,16-18H2,(H,26,31). The third-order valence-electron chi connectivity index (χ3n) is 5.17. The van der Waals surface area contributed by atoms with Gasteiger partial charge in [0.15, 0.2) is 5.11 Å². The third-order valence-corrected chi connectivity index (χ3v) is 5.53. The Hall–Kier alpha value is -3.09. The number of hydrogen-bond donors (Lipinski definition) is 2. The molecular weight excluding hydrogens is 408 g/mol. The minimum Gasteiger partial charge on any atom is -0.508 e. The van der Waals surface area contributed by atoms with Crippen molar-refractivity contribution in [1.82, 2.24) is 4.90 Å². The largest absolute Gasteiger partial charge is 0.508 e. The number of anilines is 1. The summed E-state index contributed by atoms with van der Waals surface area (Å²) < 4.78 is 11.7. The Balaban J connectivity index is 1.42. The van der Waals surface area contributed by atoms with Gasteiger partial charge in [-0.25, -0.2) is 0 Å². The number of para-hydroxylation sites is 2. The monoisotopic (exact) mass is 434 g/mol. The quantitative estimate of drug-likeness (QED) is 0.475.